The molecule has 3 unspecified atom stereocenters. The molecule has 0 aliphatic carbocycles. The Labute approximate surface area is 752 Å². The largest absolute Gasteiger partial charge is 0.476 e. The number of esters is 4. The third-order valence-electron chi connectivity index (χ3n) is 23.7. The zero-order chi connectivity index (χ0) is 92.9. The van der Waals surface area contributed by atoms with Crippen LogP contribution in [0, 0.1) is 35.5 Å². The molecular formula is C89H148N12O21S3. The Morgan fingerprint density at radius 2 is 0.736 bits per heavy atom. The van der Waals surface area contributed by atoms with Crippen molar-refractivity contribution in [2.45, 2.75) is 339 Å². The molecule has 3 aromatic heterocycles. The van der Waals surface area contributed by atoms with Crippen molar-refractivity contribution in [3.63, 3.8) is 0 Å². The molecule has 0 saturated carbocycles. The van der Waals surface area contributed by atoms with E-state index in [-0.39, 0.29) is 188 Å². The Hall–Kier alpha value is -8.16. The van der Waals surface area contributed by atoms with Crippen LogP contribution in [0.2, 0.25) is 0 Å². The number of carbonyl (C=O) groups excluding carboxylic acids is 10. The summed E-state index contributed by atoms with van der Waals surface area (Å²) in [6.07, 6.45) is 11.7. The van der Waals surface area contributed by atoms with Gasteiger partial charge < -0.3 is 70.0 Å². The highest BCUT2D eigenvalue weighted by Gasteiger charge is 2.44. The number of likely N-dealkylation sites (tertiary alicyclic amines) is 3. The number of nitrogens with zero attached hydrogens (tertiary/aromatic N) is 9. The van der Waals surface area contributed by atoms with Crippen molar-refractivity contribution in [1.29, 1.82) is 0 Å². The number of nitrogens with one attached hydrogen (secondary N) is 3. The number of piperidine rings is 3. The fraction of sp³-hybridized carbons (Fsp3) is 0.753. The molecule has 0 bridgehead atoms. The Balaban J connectivity index is 0.000000482. The van der Waals surface area contributed by atoms with E-state index < -0.39 is 84.1 Å². The van der Waals surface area contributed by atoms with Crippen LogP contribution >= 0.6 is 34.0 Å². The van der Waals surface area contributed by atoms with Crippen molar-refractivity contribution >= 4 is 111 Å². The van der Waals surface area contributed by atoms with Crippen molar-refractivity contribution in [2.24, 2.45) is 35.5 Å². The van der Waals surface area contributed by atoms with Crippen LogP contribution in [0.1, 0.15) is 331 Å². The number of aromatic nitrogens is 3. The Morgan fingerprint density at radius 3 is 1.02 bits per heavy atom. The molecule has 0 spiro atoms. The average molecular weight is 1820 g/mol. The van der Waals surface area contributed by atoms with E-state index in [9.17, 15) is 82.8 Å². The number of ether oxygens (including phenoxy) is 4. The van der Waals surface area contributed by atoms with E-state index in [4.69, 9.17) is 18.9 Å². The van der Waals surface area contributed by atoms with Crippen LogP contribution in [0.3, 0.4) is 0 Å². The van der Waals surface area contributed by atoms with Crippen LogP contribution in [0.15, 0.2) is 16.1 Å². The summed E-state index contributed by atoms with van der Waals surface area (Å²) < 4.78 is 22.2. The standard InChI is InChI=1S/C30H48N4O8S.C30H50N4O6S.C28H46N4O7S.CH4/c1-8-12-25(36)41-17-34(29(38)26(19(5)9-2)32-27(37)22-13-10-11-14-33(22)7)23(18(3)4)15-24(42-20(6)35)28-31-21(16-43-28)30(39)40;1-8-13-25(35)40-18-34(24(19(4)5)16-21(10-3)28-31-22(17-41-28)30(38)39)29(37)26(20(6)9-2)32-27(36)23-14-11-12-15-33(23)7;1-7-11-23(34)39-16-32(21(17(3)4)14-22(33)26-29-19(15-40-26)28(37)38)27(36)24(18(5)8-2)30-25(35)20-12-9-10-13-31(20)6;/h16,18-19,22-24,26H,8-15,17H2,1-7H3,(H,32,37)(H,39,40);17,19-21,23-24,26H,8-16,18H2,1-7H3,(H,32,36)(H,38,39);15,17-18,20-22,24,33H,7-14,16H2,1-6H3,(H,30,35)(H,37,38);1H4/t19?,22-,23-,24-,26+;20?,21-,23-,24-,26+;18?,20-,21-,22-,24+;/m111./s1. The second kappa shape index (κ2) is 56.2. The lowest BCUT2D eigenvalue weighted by Crippen LogP contribution is -2.59. The van der Waals surface area contributed by atoms with E-state index in [1.54, 1.807) is 4.90 Å². The van der Waals surface area contributed by atoms with Gasteiger partial charge in [-0.2, -0.15) is 0 Å². The lowest BCUT2D eigenvalue weighted by atomic mass is 9.88. The van der Waals surface area contributed by atoms with Crippen molar-refractivity contribution in [3.05, 3.63) is 48.2 Å². The highest BCUT2D eigenvalue weighted by atomic mass is 32.1. The molecule has 6 heterocycles. The molecule has 3 saturated heterocycles. The van der Waals surface area contributed by atoms with Crippen molar-refractivity contribution < 1.29 is 102 Å². The molecule has 708 valence electrons. The van der Waals surface area contributed by atoms with Gasteiger partial charge in [0.05, 0.1) is 23.1 Å². The summed E-state index contributed by atoms with van der Waals surface area (Å²) in [6.45, 7) is 33.7. The summed E-state index contributed by atoms with van der Waals surface area (Å²) in [5.41, 5.74) is -0.320. The number of hydrogen-bond acceptors (Lipinski definition) is 27. The molecule has 3 aliphatic heterocycles. The highest BCUT2D eigenvalue weighted by Crippen LogP contribution is 2.36. The molecular weight excluding hydrogens is 1670 g/mol. The minimum atomic E-state index is -1.21. The quantitative estimate of drug-likeness (QED) is 0.0157. The van der Waals surface area contributed by atoms with E-state index in [0.29, 0.717) is 62.8 Å². The predicted octanol–water partition coefficient (Wildman–Crippen LogP) is 13.0. The number of thiazole rings is 3. The van der Waals surface area contributed by atoms with Crippen LogP contribution in [0.4, 0.5) is 0 Å². The topological polar surface area (TPSA) is 434 Å². The molecule has 0 aromatic carbocycles. The number of carbonyl (C=O) groups is 13. The SMILES string of the molecule is C.CCCC(=O)OCN(C(=O)[C@@H](NC(=O)[C@H]1CCCCN1C)C(C)CC)[C@H](C[C@@H](CC)c1nc(C(=O)O)cs1)C(C)C.CCCC(=O)OCN(C(=O)[C@@H](NC(=O)[C@H]1CCCCN1C)C(C)CC)[C@H](C[C@@H](O)c1nc(C(=O)O)cs1)C(C)C.CCCC(=O)OCN(C(=O)[C@@H](NC(=O)[C@H]1CCCCN1C)C(C)CC)[C@H](C[C@@H](OC(C)=O)c1nc(C(=O)O)cs1)C(C)C. The van der Waals surface area contributed by atoms with Crippen LogP contribution in [0.25, 0.3) is 0 Å². The summed E-state index contributed by atoms with van der Waals surface area (Å²) in [5.74, 6) is -7.99. The van der Waals surface area contributed by atoms with Crippen molar-refractivity contribution in [3.8, 4) is 0 Å². The number of rotatable bonds is 47. The molecule has 3 aromatic rings. The molecule has 0 radical (unpaired) electrons. The lowest BCUT2D eigenvalue weighted by Gasteiger charge is -2.39. The third-order valence-corrected chi connectivity index (χ3v) is 26.6. The van der Waals surface area contributed by atoms with Gasteiger partial charge in [-0.15, -0.1) is 34.0 Å². The van der Waals surface area contributed by atoms with Crippen LogP contribution < -0.4 is 16.0 Å². The number of hydrogen-bond donors (Lipinski definition) is 7. The normalized spacial score (nSPS) is 18.5. The molecule has 6 amide bonds. The Kier molecular flexibility index (Phi) is 49.9. The number of aromatic carboxylic acids is 3. The Morgan fingerprint density at radius 1 is 0.440 bits per heavy atom. The maximum atomic E-state index is 14.4. The lowest BCUT2D eigenvalue weighted by molar-refractivity contribution is -0.161. The number of carboxylic acid groups (broad SMARTS) is 3. The van der Waals surface area contributed by atoms with Crippen molar-refractivity contribution in [1.82, 2.24) is 60.3 Å². The zero-order valence-corrected chi connectivity index (χ0v) is 79.4. The molecule has 6 rings (SSSR count). The molecule has 3 fully saturated rings. The fourth-order valence-electron chi connectivity index (χ4n) is 15.4. The summed E-state index contributed by atoms with van der Waals surface area (Å²) in [6, 6.07) is -4.99. The number of likely N-dealkylation sites (N-methyl/N-ethyl adjacent to an activating group) is 3. The predicted molar refractivity (Wildman–Crippen MR) is 479 cm³/mol. The summed E-state index contributed by atoms with van der Waals surface area (Å²) in [5, 5.41) is 53.5. The molecule has 15 atom stereocenters. The van der Waals surface area contributed by atoms with Gasteiger partial charge in [0.1, 0.15) is 34.2 Å². The van der Waals surface area contributed by atoms with E-state index in [1.807, 2.05) is 147 Å². The first-order valence-electron chi connectivity index (χ1n) is 44.5. The molecule has 33 nitrogen and oxygen atoms in total. The fourth-order valence-corrected chi connectivity index (χ4v) is 18.0. The van der Waals surface area contributed by atoms with E-state index >= 15 is 0 Å². The second-order valence-electron chi connectivity index (χ2n) is 34.2. The second-order valence-corrected chi connectivity index (χ2v) is 36.9. The zero-order valence-electron chi connectivity index (χ0n) is 76.9. The van der Waals surface area contributed by atoms with Gasteiger partial charge in [-0.1, -0.05) is 157 Å². The smallest absolute Gasteiger partial charge is 0.355 e. The van der Waals surface area contributed by atoms with E-state index in [2.05, 4.69) is 30.9 Å². The number of carboxylic acids is 3. The molecule has 7 N–H and O–H groups in total. The number of amides is 6. The summed E-state index contributed by atoms with van der Waals surface area (Å²) >= 11 is 3.38. The van der Waals surface area contributed by atoms with Gasteiger partial charge in [-0.25, -0.2) is 29.3 Å². The monoisotopic (exact) mass is 1820 g/mol. The van der Waals surface area contributed by atoms with Gasteiger partial charge in [0.25, 0.3) is 0 Å². The number of aliphatic hydroxyl groups is 1. The van der Waals surface area contributed by atoms with E-state index in [1.165, 1.54) is 44.2 Å². The summed E-state index contributed by atoms with van der Waals surface area (Å²) in [4.78, 5) is 190. The highest BCUT2D eigenvalue weighted by molar-refractivity contribution is 7.10. The van der Waals surface area contributed by atoms with Crippen LogP contribution in [-0.4, -0.2) is 257 Å². The van der Waals surface area contributed by atoms with Gasteiger partial charge in [0, 0.05) is 79.2 Å². The van der Waals surface area contributed by atoms with Crippen LogP contribution in [0.5, 0.6) is 0 Å². The molecule has 125 heavy (non-hydrogen) atoms. The van der Waals surface area contributed by atoms with Gasteiger partial charge in [-0.3, -0.25) is 62.6 Å². The maximum absolute atomic E-state index is 14.4. The minimum absolute atomic E-state index is 0. The first-order chi connectivity index (χ1) is 58.6. The van der Waals surface area contributed by atoms with Gasteiger partial charge in [-0.05, 0) is 147 Å². The van der Waals surface area contributed by atoms with Crippen LogP contribution in [-0.2, 0) is 66.9 Å². The van der Waals surface area contributed by atoms with Gasteiger partial charge in [0.2, 0.25) is 35.4 Å². The van der Waals surface area contributed by atoms with Crippen molar-refractivity contribution in [2.75, 3.05) is 61.0 Å². The maximum Gasteiger partial charge on any atom is 0.355 e. The molecule has 3 aliphatic rings. The first kappa shape index (κ1) is 111. The third kappa shape index (κ3) is 34.8. The number of aliphatic hydroxyl groups excluding tert-OH is 1. The average Bonchev–Trinajstić information content (AvgIpc) is 1.55. The Bertz CT molecular complexity index is 3890. The van der Waals surface area contributed by atoms with Gasteiger partial charge >= 0.3 is 41.8 Å². The minimum Gasteiger partial charge on any atom is -0.476 e. The van der Waals surface area contributed by atoms with E-state index in [0.717, 1.165) is 93.7 Å². The molecule has 36 heteroatoms. The first-order valence-corrected chi connectivity index (χ1v) is 47.1. The van der Waals surface area contributed by atoms with Gasteiger partial charge in [0.15, 0.2) is 43.4 Å². The summed E-state index contributed by atoms with van der Waals surface area (Å²) in [7, 11) is 5.76.